The molecule has 0 fully saturated rings. The molecule has 150 valence electrons. The highest BCUT2D eigenvalue weighted by Gasteiger charge is 2.16. The van der Waals surface area contributed by atoms with Crippen LogP contribution in [-0.4, -0.2) is 33.5 Å². The summed E-state index contributed by atoms with van der Waals surface area (Å²) in [6.45, 7) is 8.38. The summed E-state index contributed by atoms with van der Waals surface area (Å²) < 4.78 is 7.24. The molecule has 0 saturated carbocycles. The van der Waals surface area contributed by atoms with Gasteiger partial charge < -0.3 is 10.1 Å². The zero-order chi connectivity index (χ0) is 20.8. The number of ether oxygens (including phenoxy) is 1. The van der Waals surface area contributed by atoms with Gasteiger partial charge in [0, 0.05) is 17.8 Å². The lowest BCUT2D eigenvalue weighted by Crippen LogP contribution is -2.15. The van der Waals surface area contributed by atoms with Crippen LogP contribution in [0.4, 0.5) is 5.69 Å². The summed E-state index contributed by atoms with van der Waals surface area (Å²) in [7, 11) is 1.63. The van der Waals surface area contributed by atoms with Crippen LogP contribution < -0.4 is 10.1 Å². The molecule has 3 aromatic rings. The second-order valence-electron chi connectivity index (χ2n) is 6.59. The summed E-state index contributed by atoms with van der Waals surface area (Å²) in [4.78, 5) is 12.4. The molecule has 0 aliphatic carbocycles. The predicted molar refractivity (Wildman–Crippen MR) is 117 cm³/mol. The van der Waals surface area contributed by atoms with Gasteiger partial charge in [0.15, 0.2) is 11.0 Å². The molecule has 0 radical (unpaired) electrons. The molecule has 1 amide bonds. The number of aryl methyl sites for hydroxylation is 2. The van der Waals surface area contributed by atoms with Gasteiger partial charge in [-0.25, -0.2) is 0 Å². The lowest BCUT2D eigenvalue weighted by atomic mass is 10.1. The molecular formula is C22H24N4O2S. The van der Waals surface area contributed by atoms with Crippen LogP contribution >= 0.6 is 11.8 Å². The Kier molecular flexibility index (Phi) is 6.72. The molecule has 0 bridgehead atoms. The Morgan fingerprint density at radius 2 is 2.07 bits per heavy atom. The number of benzene rings is 2. The number of allylic oxidation sites excluding steroid dienone is 1. The van der Waals surface area contributed by atoms with Crippen molar-refractivity contribution in [2.75, 3.05) is 18.2 Å². The van der Waals surface area contributed by atoms with Gasteiger partial charge in [-0.2, -0.15) is 0 Å². The van der Waals surface area contributed by atoms with E-state index in [2.05, 4.69) is 22.1 Å². The molecule has 29 heavy (non-hydrogen) atoms. The van der Waals surface area contributed by atoms with E-state index in [1.165, 1.54) is 11.8 Å². The first-order chi connectivity index (χ1) is 14.0. The van der Waals surface area contributed by atoms with Crippen LogP contribution in [0.3, 0.4) is 0 Å². The third-order valence-electron chi connectivity index (χ3n) is 4.34. The van der Waals surface area contributed by atoms with Crippen LogP contribution in [0.5, 0.6) is 5.75 Å². The molecule has 0 saturated heterocycles. The van der Waals surface area contributed by atoms with E-state index in [4.69, 9.17) is 4.74 Å². The van der Waals surface area contributed by atoms with Gasteiger partial charge in [-0.1, -0.05) is 47.7 Å². The molecule has 1 N–H and O–H groups in total. The van der Waals surface area contributed by atoms with Gasteiger partial charge in [0.25, 0.3) is 0 Å². The minimum Gasteiger partial charge on any atom is -0.497 e. The van der Waals surface area contributed by atoms with E-state index >= 15 is 0 Å². The molecule has 1 aromatic heterocycles. The number of carbonyl (C=O) groups excluding carboxylic acids is 1. The van der Waals surface area contributed by atoms with Crippen LogP contribution in [0, 0.1) is 13.8 Å². The molecule has 0 atom stereocenters. The summed E-state index contributed by atoms with van der Waals surface area (Å²) in [5.74, 6) is 1.61. The Labute approximate surface area is 175 Å². The first kappa shape index (κ1) is 20.7. The van der Waals surface area contributed by atoms with Crippen molar-refractivity contribution in [3.63, 3.8) is 0 Å². The maximum absolute atomic E-state index is 12.4. The van der Waals surface area contributed by atoms with Gasteiger partial charge >= 0.3 is 0 Å². The van der Waals surface area contributed by atoms with Crippen molar-refractivity contribution in [2.24, 2.45) is 0 Å². The minimum atomic E-state index is -0.0852. The van der Waals surface area contributed by atoms with Gasteiger partial charge in [0.2, 0.25) is 5.91 Å². The highest BCUT2D eigenvalue weighted by molar-refractivity contribution is 7.99. The number of amides is 1. The molecule has 0 aliphatic rings. The maximum atomic E-state index is 12.4. The lowest BCUT2D eigenvalue weighted by Gasteiger charge is -2.10. The molecule has 0 spiro atoms. The van der Waals surface area contributed by atoms with E-state index in [0.29, 0.717) is 17.5 Å². The lowest BCUT2D eigenvalue weighted by molar-refractivity contribution is -0.113. The van der Waals surface area contributed by atoms with Crippen molar-refractivity contribution < 1.29 is 9.53 Å². The highest BCUT2D eigenvalue weighted by atomic mass is 32.2. The van der Waals surface area contributed by atoms with Crippen molar-refractivity contribution in [1.82, 2.24) is 14.8 Å². The van der Waals surface area contributed by atoms with Crippen LogP contribution in [0.25, 0.3) is 11.4 Å². The van der Waals surface area contributed by atoms with Crippen LogP contribution in [0.15, 0.2) is 60.3 Å². The third kappa shape index (κ3) is 5.06. The average molecular weight is 409 g/mol. The zero-order valence-corrected chi connectivity index (χ0v) is 17.6. The molecule has 1 heterocycles. The van der Waals surface area contributed by atoms with Crippen molar-refractivity contribution in [3.8, 4) is 17.1 Å². The van der Waals surface area contributed by atoms with Gasteiger partial charge in [0.1, 0.15) is 5.75 Å². The number of nitrogens with one attached hydrogen (secondary N) is 1. The number of hydrogen-bond acceptors (Lipinski definition) is 5. The van der Waals surface area contributed by atoms with Gasteiger partial charge in [-0.3, -0.25) is 9.36 Å². The molecule has 7 heteroatoms. The van der Waals surface area contributed by atoms with Gasteiger partial charge in [-0.05, 0) is 37.6 Å². The first-order valence-electron chi connectivity index (χ1n) is 9.20. The Morgan fingerprint density at radius 3 is 2.79 bits per heavy atom. The summed E-state index contributed by atoms with van der Waals surface area (Å²) >= 11 is 1.35. The Balaban J connectivity index is 1.74. The van der Waals surface area contributed by atoms with E-state index in [-0.39, 0.29) is 11.7 Å². The maximum Gasteiger partial charge on any atom is 0.234 e. The fraction of sp³-hybridized carbons (Fsp3) is 0.227. The van der Waals surface area contributed by atoms with Crippen LogP contribution in [0.2, 0.25) is 0 Å². The van der Waals surface area contributed by atoms with Crippen molar-refractivity contribution in [3.05, 3.63) is 66.2 Å². The molecule has 3 rings (SSSR count). The van der Waals surface area contributed by atoms with Crippen LogP contribution in [0.1, 0.15) is 11.1 Å². The van der Waals surface area contributed by atoms with E-state index in [1.807, 2.05) is 60.9 Å². The smallest absolute Gasteiger partial charge is 0.234 e. The number of aromatic nitrogens is 3. The van der Waals surface area contributed by atoms with E-state index < -0.39 is 0 Å². The molecule has 6 nitrogen and oxygen atoms in total. The number of thioether (sulfide) groups is 1. The largest absolute Gasteiger partial charge is 0.497 e. The Bertz CT molecular complexity index is 1030. The number of hydrogen-bond donors (Lipinski definition) is 1. The summed E-state index contributed by atoms with van der Waals surface area (Å²) in [5.41, 5.74) is 3.92. The Morgan fingerprint density at radius 1 is 1.24 bits per heavy atom. The van der Waals surface area contributed by atoms with Gasteiger partial charge in [0.05, 0.1) is 12.9 Å². The summed E-state index contributed by atoms with van der Waals surface area (Å²) in [6, 6.07) is 13.6. The SMILES string of the molecule is C=CCn1c(SCC(=O)Nc2ccc(C)cc2C)nnc1-c1cccc(OC)c1. The fourth-order valence-corrected chi connectivity index (χ4v) is 3.68. The first-order valence-corrected chi connectivity index (χ1v) is 10.2. The monoisotopic (exact) mass is 408 g/mol. The van der Waals surface area contributed by atoms with E-state index in [9.17, 15) is 4.79 Å². The van der Waals surface area contributed by atoms with E-state index in [0.717, 1.165) is 28.1 Å². The second-order valence-corrected chi connectivity index (χ2v) is 7.54. The standard InChI is InChI=1S/C22H24N4O2S/c1-5-11-26-21(17-7-6-8-18(13-17)28-4)24-25-22(26)29-14-20(27)23-19-10-9-15(2)12-16(19)3/h5-10,12-13H,1,11,14H2,2-4H3,(H,23,27). The highest BCUT2D eigenvalue weighted by Crippen LogP contribution is 2.27. The number of rotatable bonds is 8. The van der Waals surface area contributed by atoms with Crippen LogP contribution in [-0.2, 0) is 11.3 Å². The van der Waals surface area contributed by atoms with Crippen molar-refractivity contribution >= 4 is 23.4 Å². The molecule has 0 aliphatic heterocycles. The summed E-state index contributed by atoms with van der Waals surface area (Å²) in [6.07, 6.45) is 1.78. The predicted octanol–water partition coefficient (Wildman–Crippen LogP) is 4.49. The average Bonchev–Trinajstić information content (AvgIpc) is 3.11. The quantitative estimate of drug-likeness (QED) is 0.439. The number of nitrogens with zero attached hydrogens (tertiary/aromatic N) is 3. The number of methoxy groups -OCH3 is 1. The van der Waals surface area contributed by atoms with E-state index in [1.54, 1.807) is 13.2 Å². The second kappa shape index (κ2) is 9.43. The van der Waals surface area contributed by atoms with Crippen molar-refractivity contribution in [1.29, 1.82) is 0 Å². The fourth-order valence-electron chi connectivity index (χ4n) is 2.94. The number of anilines is 1. The minimum absolute atomic E-state index is 0.0852. The zero-order valence-electron chi connectivity index (χ0n) is 16.8. The Hall–Kier alpha value is -3.06. The normalized spacial score (nSPS) is 10.6. The molecule has 2 aromatic carbocycles. The van der Waals surface area contributed by atoms with Gasteiger partial charge in [-0.15, -0.1) is 16.8 Å². The summed E-state index contributed by atoms with van der Waals surface area (Å²) in [5, 5.41) is 12.2. The molecule has 0 unspecified atom stereocenters. The third-order valence-corrected chi connectivity index (χ3v) is 5.31. The number of carbonyl (C=O) groups is 1. The van der Waals surface area contributed by atoms with Crippen molar-refractivity contribution in [2.45, 2.75) is 25.5 Å². The topological polar surface area (TPSA) is 69.0 Å². The molecular weight excluding hydrogens is 384 g/mol.